The molecule has 0 atom stereocenters. The number of benzene rings is 1. The van der Waals surface area contributed by atoms with Crippen LogP contribution in [0.3, 0.4) is 0 Å². The zero-order valence-electron chi connectivity index (χ0n) is 25.4. The van der Waals surface area contributed by atoms with Crippen molar-refractivity contribution in [2.75, 3.05) is 13.2 Å². The fourth-order valence-corrected chi connectivity index (χ4v) is 10.6. The van der Waals surface area contributed by atoms with Gasteiger partial charge in [-0.2, -0.15) is 0 Å². The van der Waals surface area contributed by atoms with Gasteiger partial charge in [0.2, 0.25) is 0 Å². The minimum Gasteiger partial charge on any atom is -0.493 e. The van der Waals surface area contributed by atoms with Gasteiger partial charge in [-0.15, -0.1) is 0 Å². The first kappa shape index (κ1) is 31.9. The quantitative estimate of drug-likeness (QED) is 0.101. The number of unbranched alkanes of at least 4 members (excludes halogenated alkanes) is 3. The van der Waals surface area contributed by atoms with Crippen LogP contribution in [-0.2, 0) is 16.1 Å². The Bertz CT molecular complexity index is 894. The first-order valence-corrected chi connectivity index (χ1v) is 19.2. The average molecular weight is 557 g/mol. The molecule has 0 spiro atoms. The first-order chi connectivity index (χ1) is 18.7. The second kappa shape index (κ2) is 16.0. The van der Waals surface area contributed by atoms with Gasteiger partial charge in [0, 0.05) is 17.7 Å². The second-order valence-corrected chi connectivity index (χ2v) is 18.5. The van der Waals surface area contributed by atoms with Gasteiger partial charge in [0.05, 0.1) is 14.7 Å². The number of aliphatic hydroxyl groups excluding tert-OH is 1. The topological polar surface area (TPSA) is 55.8 Å². The Morgan fingerprint density at radius 2 is 1.64 bits per heavy atom. The molecule has 3 rings (SSSR count). The van der Waals surface area contributed by atoms with Crippen molar-refractivity contribution in [2.24, 2.45) is 11.8 Å². The zero-order chi connectivity index (χ0) is 28.3. The summed E-state index contributed by atoms with van der Waals surface area (Å²) in [4.78, 5) is 12.1. The number of carbonyl (C=O) groups excluding carboxylic acids is 1. The van der Waals surface area contributed by atoms with Crippen molar-refractivity contribution in [1.29, 1.82) is 0 Å². The minimum absolute atomic E-state index is 0.210. The maximum absolute atomic E-state index is 12.1. The van der Waals surface area contributed by atoms with Crippen LogP contribution in [0.4, 0.5) is 0 Å². The summed E-state index contributed by atoms with van der Waals surface area (Å²) >= 11 is 0. The summed E-state index contributed by atoms with van der Waals surface area (Å²) in [6.07, 6.45) is 16.5. The molecule has 0 amide bonds. The van der Waals surface area contributed by atoms with Gasteiger partial charge in [0.1, 0.15) is 12.4 Å². The molecule has 0 aromatic heterocycles. The number of esters is 1. The summed E-state index contributed by atoms with van der Waals surface area (Å²) in [6.45, 7) is 14.1. The van der Waals surface area contributed by atoms with Crippen LogP contribution in [0.1, 0.15) is 114 Å². The van der Waals surface area contributed by atoms with Crippen LogP contribution in [0.25, 0.3) is 0 Å². The highest BCUT2D eigenvalue weighted by molar-refractivity contribution is 6.78. The highest BCUT2D eigenvalue weighted by atomic mass is 28.3. The maximum atomic E-state index is 12.1. The van der Waals surface area contributed by atoms with Crippen LogP contribution in [0.2, 0.25) is 24.7 Å². The van der Waals surface area contributed by atoms with E-state index in [0.717, 1.165) is 48.0 Å². The highest BCUT2D eigenvalue weighted by Gasteiger charge is 2.37. The molecular weight excluding hydrogens is 500 g/mol. The van der Waals surface area contributed by atoms with Gasteiger partial charge in [-0.1, -0.05) is 77.2 Å². The first-order valence-electron chi connectivity index (χ1n) is 15.9. The molecule has 39 heavy (non-hydrogen) atoms. The molecule has 220 valence electrons. The normalized spacial score (nSPS) is 23.8. The molecule has 2 aliphatic rings. The fourth-order valence-electron chi connectivity index (χ4n) is 7.08. The van der Waals surface area contributed by atoms with E-state index in [9.17, 15) is 4.79 Å². The smallest absolute Gasteiger partial charge is 0.333 e. The standard InChI is InChI=1S/C34H56O4Si/c1-6-7-23-39(4,5)32-18-15-28(16-19-32)27-11-13-29(14-12-27)30-17-20-33(37-22-10-8-9-21-35)31(24-30)25-38-34(36)26(2)3/h17,20,24,27-29,32,35H,2,6-16,18-19,21-23,25H2,1,3-5H3. The van der Waals surface area contributed by atoms with Crippen LogP contribution in [0.5, 0.6) is 5.75 Å². The van der Waals surface area contributed by atoms with E-state index in [2.05, 4.69) is 44.8 Å². The van der Waals surface area contributed by atoms with E-state index in [1.54, 1.807) is 6.92 Å². The Balaban J connectivity index is 1.55. The van der Waals surface area contributed by atoms with Crippen LogP contribution in [0, 0.1) is 11.8 Å². The molecule has 1 aromatic rings. The lowest BCUT2D eigenvalue weighted by Gasteiger charge is -2.42. The number of carbonyl (C=O) groups is 1. The van der Waals surface area contributed by atoms with E-state index in [1.165, 1.54) is 75.8 Å². The Hall–Kier alpha value is -1.59. The maximum Gasteiger partial charge on any atom is 0.333 e. The molecule has 0 radical (unpaired) electrons. The lowest BCUT2D eigenvalue weighted by molar-refractivity contribution is -0.140. The summed E-state index contributed by atoms with van der Waals surface area (Å²) in [5.74, 6) is 2.86. The van der Waals surface area contributed by atoms with E-state index in [-0.39, 0.29) is 19.2 Å². The van der Waals surface area contributed by atoms with Crippen molar-refractivity contribution < 1.29 is 19.4 Å². The number of hydrogen-bond donors (Lipinski definition) is 1. The van der Waals surface area contributed by atoms with Gasteiger partial charge in [-0.3, -0.25) is 0 Å². The van der Waals surface area contributed by atoms with Crippen molar-refractivity contribution in [2.45, 2.75) is 135 Å². The lowest BCUT2D eigenvalue weighted by Crippen LogP contribution is -2.36. The summed E-state index contributed by atoms with van der Waals surface area (Å²) in [5, 5.41) is 9.01. The fraction of sp³-hybridized carbons (Fsp3) is 0.735. The Morgan fingerprint density at radius 1 is 0.974 bits per heavy atom. The largest absolute Gasteiger partial charge is 0.493 e. The van der Waals surface area contributed by atoms with Gasteiger partial charge < -0.3 is 14.6 Å². The summed E-state index contributed by atoms with van der Waals surface area (Å²) < 4.78 is 11.6. The number of aliphatic hydroxyl groups is 1. The predicted octanol–water partition coefficient (Wildman–Crippen LogP) is 9.19. The minimum atomic E-state index is -1.06. The Labute approximate surface area is 240 Å². The highest BCUT2D eigenvalue weighted by Crippen LogP contribution is 2.48. The molecule has 2 saturated carbocycles. The number of ether oxygens (including phenoxy) is 2. The number of hydrogen-bond acceptors (Lipinski definition) is 4. The van der Waals surface area contributed by atoms with Gasteiger partial charge in [-0.05, 0) is 92.9 Å². The van der Waals surface area contributed by atoms with E-state index in [4.69, 9.17) is 14.6 Å². The SMILES string of the molecule is C=C(C)C(=O)OCc1cc(C2CCC(C3CCC([Si](C)(C)CCCC)CC3)CC2)ccc1OCCCCCO. The average Bonchev–Trinajstić information content (AvgIpc) is 2.95. The van der Waals surface area contributed by atoms with Gasteiger partial charge in [0.15, 0.2) is 0 Å². The molecule has 1 N–H and O–H groups in total. The van der Waals surface area contributed by atoms with Crippen molar-refractivity contribution in [1.82, 2.24) is 0 Å². The van der Waals surface area contributed by atoms with Crippen molar-refractivity contribution in [3.8, 4) is 5.75 Å². The van der Waals surface area contributed by atoms with Crippen LogP contribution in [0.15, 0.2) is 30.4 Å². The molecule has 0 bridgehead atoms. The third-order valence-electron chi connectivity index (χ3n) is 9.81. The van der Waals surface area contributed by atoms with Crippen molar-refractivity contribution >= 4 is 14.0 Å². The molecule has 0 saturated heterocycles. The van der Waals surface area contributed by atoms with Crippen LogP contribution in [-0.4, -0.2) is 32.4 Å². The molecule has 5 heteroatoms. The molecule has 2 aliphatic carbocycles. The molecule has 0 heterocycles. The van der Waals surface area contributed by atoms with Gasteiger partial charge in [-0.25, -0.2) is 4.79 Å². The molecular formula is C34H56O4Si. The molecule has 0 aliphatic heterocycles. The summed E-state index contributed by atoms with van der Waals surface area (Å²) in [5.41, 5.74) is 3.76. The third-order valence-corrected chi connectivity index (χ3v) is 14.2. The van der Waals surface area contributed by atoms with E-state index < -0.39 is 8.07 Å². The van der Waals surface area contributed by atoms with Gasteiger partial charge >= 0.3 is 5.97 Å². The zero-order valence-corrected chi connectivity index (χ0v) is 26.4. The summed E-state index contributed by atoms with van der Waals surface area (Å²) in [6, 6.07) is 8.04. The van der Waals surface area contributed by atoms with Crippen LogP contribution < -0.4 is 4.74 Å². The molecule has 2 fully saturated rings. The van der Waals surface area contributed by atoms with Crippen molar-refractivity contribution in [3.05, 3.63) is 41.5 Å². The molecule has 1 aromatic carbocycles. The monoisotopic (exact) mass is 556 g/mol. The van der Waals surface area contributed by atoms with E-state index in [1.807, 2.05) is 0 Å². The summed E-state index contributed by atoms with van der Waals surface area (Å²) in [7, 11) is -1.06. The molecule has 4 nitrogen and oxygen atoms in total. The van der Waals surface area contributed by atoms with E-state index >= 15 is 0 Å². The molecule has 0 unspecified atom stereocenters. The van der Waals surface area contributed by atoms with Crippen molar-refractivity contribution in [3.63, 3.8) is 0 Å². The Morgan fingerprint density at radius 3 is 2.26 bits per heavy atom. The van der Waals surface area contributed by atoms with Crippen LogP contribution >= 0.6 is 0 Å². The third kappa shape index (κ3) is 9.77. The van der Waals surface area contributed by atoms with E-state index in [0.29, 0.717) is 18.1 Å². The predicted molar refractivity (Wildman–Crippen MR) is 165 cm³/mol. The lowest BCUT2D eigenvalue weighted by atomic mass is 9.70. The number of rotatable bonds is 15. The second-order valence-electron chi connectivity index (χ2n) is 13.2. The Kier molecular flexibility index (Phi) is 13.1. The van der Waals surface area contributed by atoms with Gasteiger partial charge in [0.25, 0.3) is 0 Å².